The lowest BCUT2D eigenvalue weighted by atomic mass is 9.82. The van der Waals surface area contributed by atoms with Crippen LogP contribution >= 0.6 is 0 Å². The molecular weight excluding hydrogens is 316 g/mol. The molecule has 1 aliphatic heterocycles. The molecule has 1 aliphatic carbocycles. The summed E-state index contributed by atoms with van der Waals surface area (Å²) in [5.41, 5.74) is 2.28. The molecule has 0 unspecified atom stereocenters. The van der Waals surface area contributed by atoms with Crippen molar-refractivity contribution in [2.24, 2.45) is 0 Å². The normalized spacial score (nSPS) is 21.0. The summed E-state index contributed by atoms with van der Waals surface area (Å²) in [6.45, 7) is 6.34. The Morgan fingerprint density at radius 1 is 1.24 bits per heavy atom. The van der Waals surface area contributed by atoms with E-state index in [1.165, 1.54) is 5.56 Å². The van der Waals surface area contributed by atoms with Gasteiger partial charge in [-0.1, -0.05) is 31.4 Å². The molecule has 5 heteroatoms. The summed E-state index contributed by atoms with van der Waals surface area (Å²) >= 11 is 0. The highest BCUT2D eigenvalue weighted by atomic mass is 16.5. The summed E-state index contributed by atoms with van der Waals surface area (Å²) in [5, 5.41) is 13.6. The number of aryl methyl sites for hydroxylation is 1. The molecule has 25 heavy (non-hydrogen) atoms. The number of benzene rings is 1. The van der Waals surface area contributed by atoms with Crippen LogP contribution in [0.3, 0.4) is 0 Å². The second-order valence-electron chi connectivity index (χ2n) is 7.55. The summed E-state index contributed by atoms with van der Waals surface area (Å²) in [5.74, 6) is -0.0870. The van der Waals surface area contributed by atoms with E-state index in [4.69, 9.17) is 4.74 Å². The van der Waals surface area contributed by atoms with E-state index in [0.717, 1.165) is 76.2 Å². The minimum absolute atomic E-state index is 0.0870. The van der Waals surface area contributed by atoms with Crippen molar-refractivity contribution >= 4 is 11.6 Å². The highest BCUT2D eigenvalue weighted by Gasteiger charge is 2.31. The first kappa shape index (κ1) is 18.4. The summed E-state index contributed by atoms with van der Waals surface area (Å²) in [7, 11) is 0. The van der Waals surface area contributed by atoms with Gasteiger partial charge < -0.3 is 15.2 Å². The molecule has 0 radical (unpaired) electrons. The van der Waals surface area contributed by atoms with E-state index in [2.05, 4.69) is 28.4 Å². The van der Waals surface area contributed by atoms with Crippen LogP contribution in [0.4, 0.5) is 5.69 Å². The minimum atomic E-state index is -0.818. The van der Waals surface area contributed by atoms with Crippen LogP contribution in [0, 0.1) is 6.92 Å². The molecule has 0 atom stereocenters. The van der Waals surface area contributed by atoms with Gasteiger partial charge in [0.1, 0.15) is 0 Å². The lowest BCUT2D eigenvalue weighted by molar-refractivity contribution is -0.122. The standard InChI is InChI=1S/C20H30N2O3/c1-16-5-6-17(15-22-9-11-25-12-10-22)13-18(16)21-19(23)14-20(24)7-3-2-4-8-20/h5-6,13,24H,2-4,7-12,14-15H2,1H3,(H,21,23). The third-order valence-electron chi connectivity index (χ3n) is 5.36. The molecule has 2 fully saturated rings. The number of amides is 1. The molecule has 5 nitrogen and oxygen atoms in total. The van der Waals surface area contributed by atoms with E-state index in [1.807, 2.05) is 6.92 Å². The van der Waals surface area contributed by atoms with Crippen molar-refractivity contribution in [3.63, 3.8) is 0 Å². The molecule has 1 saturated heterocycles. The van der Waals surface area contributed by atoms with Crippen molar-refractivity contribution in [3.05, 3.63) is 29.3 Å². The predicted molar refractivity (Wildman–Crippen MR) is 98.6 cm³/mol. The lowest BCUT2D eigenvalue weighted by Gasteiger charge is -2.31. The van der Waals surface area contributed by atoms with Crippen LogP contribution in [0.2, 0.25) is 0 Å². The third-order valence-corrected chi connectivity index (χ3v) is 5.36. The van der Waals surface area contributed by atoms with Crippen molar-refractivity contribution in [2.75, 3.05) is 31.6 Å². The smallest absolute Gasteiger partial charge is 0.227 e. The van der Waals surface area contributed by atoms with Crippen LogP contribution in [0.25, 0.3) is 0 Å². The number of nitrogens with zero attached hydrogens (tertiary/aromatic N) is 1. The van der Waals surface area contributed by atoms with Crippen molar-refractivity contribution in [1.82, 2.24) is 4.90 Å². The third kappa shape index (κ3) is 5.27. The van der Waals surface area contributed by atoms with Crippen LogP contribution < -0.4 is 5.32 Å². The zero-order valence-corrected chi connectivity index (χ0v) is 15.2. The van der Waals surface area contributed by atoms with Crippen LogP contribution in [0.1, 0.15) is 49.7 Å². The molecule has 0 aromatic heterocycles. The number of hydrogen-bond acceptors (Lipinski definition) is 4. The number of carbonyl (C=O) groups excluding carboxylic acids is 1. The highest BCUT2D eigenvalue weighted by Crippen LogP contribution is 2.31. The summed E-state index contributed by atoms with van der Waals surface area (Å²) < 4.78 is 5.39. The monoisotopic (exact) mass is 346 g/mol. The van der Waals surface area contributed by atoms with Crippen LogP contribution in [-0.4, -0.2) is 47.8 Å². The maximum atomic E-state index is 12.4. The maximum absolute atomic E-state index is 12.4. The second kappa shape index (κ2) is 8.30. The van der Waals surface area contributed by atoms with E-state index in [9.17, 15) is 9.90 Å². The van der Waals surface area contributed by atoms with Gasteiger partial charge in [0, 0.05) is 25.3 Å². The fourth-order valence-electron chi connectivity index (χ4n) is 3.80. The quantitative estimate of drug-likeness (QED) is 0.861. The van der Waals surface area contributed by atoms with E-state index in [0.29, 0.717) is 0 Å². The first-order chi connectivity index (χ1) is 12.0. The van der Waals surface area contributed by atoms with E-state index >= 15 is 0 Å². The van der Waals surface area contributed by atoms with Gasteiger partial charge in [-0.15, -0.1) is 0 Å². The number of hydrogen-bond donors (Lipinski definition) is 2. The average molecular weight is 346 g/mol. The Balaban J connectivity index is 1.60. The molecule has 0 bridgehead atoms. The predicted octanol–water partition coefficient (Wildman–Crippen LogP) is 2.85. The number of ether oxygens (including phenoxy) is 1. The zero-order valence-electron chi connectivity index (χ0n) is 15.2. The Hall–Kier alpha value is -1.43. The highest BCUT2D eigenvalue weighted by molar-refractivity contribution is 5.92. The molecule has 1 amide bonds. The molecule has 2 aliphatic rings. The Kier molecular flexibility index (Phi) is 6.10. The Morgan fingerprint density at radius 3 is 2.68 bits per heavy atom. The number of aliphatic hydroxyl groups is 1. The molecule has 1 heterocycles. The number of rotatable bonds is 5. The molecule has 3 rings (SSSR count). The Labute approximate surface area is 150 Å². The maximum Gasteiger partial charge on any atom is 0.227 e. The van der Waals surface area contributed by atoms with Gasteiger partial charge in [0.15, 0.2) is 0 Å². The SMILES string of the molecule is Cc1ccc(CN2CCOCC2)cc1NC(=O)CC1(O)CCCCC1. The molecular formula is C20H30N2O3. The topological polar surface area (TPSA) is 61.8 Å². The average Bonchev–Trinajstić information content (AvgIpc) is 2.59. The largest absolute Gasteiger partial charge is 0.389 e. The number of nitrogens with one attached hydrogen (secondary N) is 1. The van der Waals surface area contributed by atoms with Crippen molar-refractivity contribution in [1.29, 1.82) is 0 Å². The first-order valence-electron chi connectivity index (χ1n) is 9.46. The van der Waals surface area contributed by atoms with Crippen LogP contribution in [0.15, 0.2) is 18.2 Å². The van der Waals surface area contributed by atoms with Gasteiger partial charge in [-0.2, -0.15) is 0 Å². The van der Waals surface area contributed by atoms with Gasteiger partial charge in [-0.3, -0.25) is 9.69 Å². The van der Waals surface area contributed by atoms with Gasteiger partial charge in [0.25, 0.3) is 0 Å². The fraction of sp³-hybridized carbons (Fsp3) is 0.650. The summed E-state index contributed by atoms with van der Waals surface area (Å²) in [4.78, 5) is 14.8. The van der Waals surface area contributed by atoms with Gasteiger partial charge in [0.05, 0.1) is 25.2 Å². The Morgan fingerprint density at radius 2 is 1.96 bits per heavy atom. The molecule has 0 spiro atoms. The van der Waals surface area contributed by atoms with Crippen LogP contribution in [0.5, 0.6) is 0 Å². The second-order valence-corrected chi connectivity index (χ2v) is 7.55. The van der Waals surface area contributed by atoms with Crippen molar-refractivity contribution in [3.8, 4) is 0 Å². The number of carbonyl (C=O) groups is 1. The molecule has 2 N–H and O–H groups in total. The minimum Gasteiger partial charge on any atom is -0.389 e. The van der Waals surface area contributed by atoms with E-state index in [-0.39, 0.29) is 12.3 Å². The van der Waals surface area contributed by atoms with E-state index in [1.54, 1.807) is 0 Å². The summed E-state index contributed by atoms with van der Waals surface area (Å²) in [6, 6.07) is 6.24. The lowest BCUT2D eigenvalue weighted by Crippen LogP contribution is -2.36. The number of anilines is 1. The van der Waals surface area contributed by atoms with Crippen molar-refractivity contribution < 1.29 is 14.6 Å². The fourth-order valence-corrected chi connectivity index (χ4v) is 3.80. The van der Waals surface area contributed by atoms with Gasteiger partial charge in [-0.05, 0) is 37.0 Å². The van der Waals surface area contributed by atoms with E-state index < -0.39 is 5.60 Å². The van der Waals surface area contributed by atoms with Gasteiger partial charge in [-0.25, -0.2) is 0 Å². The molecule has 1 aromatic carbocycles. The number of morpholine rings is 1. The zero-order chi connectivity index (χ0) is 17.7. The van der Waals surface area contributed by atoms with Crippen molar-refractivity contribution in [2.45, 2.75) is 57.6 Å². The first-order valence-corrected chi connectivity index (χ1v) is 9.46. The molecule has 1 aromatic rings. The summed E-state index contributed by atoms with van der Waals surface area (Å²) in [6.07, 6.45) is 4.84. The molecule has 138 valence electrons. The van der Waals surface area contributed by atoms with Crippen LogP contribution in [-0.2, 0) is 16.1 Å². The van der Waals surface area contributed by atoms with Gasteiger partial charge in [0.2, 0.25) is 5.91 Å². The Bertz CT molecular complexity index is 591. The van der Waals surface area contributed by atoms with Gasteiger partial charge >= 0.3 is 0 Å². The molecule has 1 saturated carbocycles.